The molecule has 1 aliphatic rings. The number of rotatable bonds is 2. The normalized spacial score (nSPS) is 24.4. The lowest BCUT2D eigenvalue weighted by Gasteiger charge is -2.32. The first kappa shape index (κ1) is 9.88. The molecule has 1 unspecified atom stereocenters. The lowest BCUT2D eigenvalue weighted by molar-refractivity contribution is 0.0613. The average molecular weight is 185 g/mol. The molecule has 12 heavy (non-hydrogen) atoms. The maximum atomic E-state index is 9.03. The minimum absolute atomic E-state index is 0.205. The van der Waals surface area contributed by atoms with E-state index in [1.165, 1.54) is 0 Å². The van der Waals surface area contributed by atoms with Crippen LogP contribution in [0.5, 0.6) is 0 Å². The molecule has 68 valence electrons. The zero-order valence-corrected chi connectivity index (χ0v) is 8.49. The van der Waals surface area contributed by atoms with Crippen LogP contribution in [-0.2, 0) is 4.74 Å². The standard InChI is InChI=1S/C9H15NOS/c1-9(7-10,12-2)8-3-5-11-6-4-8/h8H,3-6H2,1-2H3. The van der Waals surface area contributed by atoms with Gasteiger partial charge in [-0.05, 0) is 31.9 Å². The molecule has 3 heteroatoms. The summed E-state index contributed by atoms with van der Waals surface area (Å²) in [6, 6.07) is 2.41. The Kier molecular flexibility index (Phi) is 3.42. The predicted molar refractivity (Wildman–Crippen MR) is 51.1 cm³/mol. The maximum Gasteiger partial charge on any atom is 0.102 e. The fourth-order valence-corrected chi connectivity index (χ4v) is 2.21. The molecule has 1 atom stereocenters. The molecule has 0 aromatic rings. The van der Waals surface area contributed by atoms with Crippen molar-refractivity contribution in [2.75, 3.05) is 19.5 Å². The summed E-state index contributed by atoms with van der Waals surface area (Å²) in [5.41, 5.74) is 0. The highest BCUT2D eigenvalue weighted by atomic mass is 32.2. The first-order valence-electron chi connectivity index (χ1n) is 4.27. The largest absolute Gasteiger partial charge is 0.381 e. The number of nitrogens with zero attached hydrogens (tertiary/aromatic N) is 1. The molecule has 1 saturated heterocycles. The van der Waals surface area contributed by atoms with Gasteiger partial charge in [-0.15, -0.1) is 11.8 Å². The number of nitriles is 1. The molecular formula is C9H15NOS. The Labute approximate surface area is 78.3 Å². The van der Waals surface area contributed by atoms with Crippen LogP contribution in [0, 0.1) is 17.2 Å². The quantitative estimate of drug-likeness (QED) is 0.660. The topological polar surface area (TPSA) is 33.0 Å². The minimum atomic E-state index is -0.205. The molecule has 0 saturated carbocycles. The van der Waals surface area contributed by atoms with E-state index in [9.17, 15) is 0 Å². The van der Waals surface area contributed by atoms with Gasteiger partial charge < -0.3 is 4.74 Å². The third kappa shape index (κ3) is 1.94. The van der Waals surface area contributed by atoms with Crippen molar-refractivity contribution in [3.63, 3.8) is 0 Å². The van der Waals surface area contributed by atoms with Gasteiger partial charge in [-0.1, -0.05) is 0 Å². The van der Waals surface area contributed by atoms with Gasteiger partial charge in [0.05, 0.1) is 6.07 Å². The third-order valence-corrected chi connectivity index (χ3v) is 3.92. The van der Waals surface area contributed by atoms with Crippen LogP contribution in [0.1, 0.15) is 19.8 Å². The fourth-order valence-electron chi connectivity index (χ4n) is 1.55. The summed E-state index contributed by atoms with van der Waals surface area (Å²) in [6.07, 6.45) is 4.08. The van der Waals surface area contributed by atoms with Gasteiger partial charge in [-0.25, -0.2) is 0 Å². The highest BCUT2D eigenvalue weighted by Crippen LogP contribution is 2.36. The van der Waals surface area contributed by atoms with Crippen LogP contribution in [0.2, 0.25) is 0 Å². The third-order valence-electron chi connectivity index (χ3n) is 2.65. The smallest absolute Gasteiger partial charge is 0.102 e. The first-order valence-corrected chi connectivity index (χ1v) is 5.49. The number of ether oxygens (including phenoxy) is 1. The predicted octanol–water partition coefficient (Wildman–Crippen LogP) is 2.06. The zero-order chi connectivity index (χ0) is 9.03. The second-order valence-electron chi connectivity index (χ2n) is 3.31. The maximum absolute atomic E-state index is 9.03. The molecule has 1 heterocycles. The lowest BCUT2D eigenvalue weighted by Crippen LogP contribution is -2.33. The van der Waals surface area contributed by atoms with Crippen LogP contribution >= 0.6 is 11.8 Å². The van der Waals surface area contributed by atoms with Crippen molar-refractivity contribution in [1.29, 1.82) is 5.26 Å². The molecule has 1 fully saturated rings. The monoisotopic (exact) mass is 185 g/mol. The number of hydrogen-bond donors (Lipinski definition) is 0. The van der Waals surface area contributed by atoms with E-state index in [0.717, 1.165) is 26.1 Å². The highest BCUT2D eigenvalue weighted by molar-refractivity contribution is 8.00. The van der Waals surface area contributed by atoms with E-state index in [0.29, 0.717) is 5.92 Å². The summed E-state index contributed by atoms with van der Waals surface area (Å²) in [6.45, 7) is 3.68. The minimum Gasteiger partial charge on any atom is -0.381 e. The van der Waals surface area contributed by atoms with E-state index in [2.05, 4.69) is 6.07 Å². The molecular weight excluding hydrogens is 170 g/mol. The van der Waals surface area contributed by atoms with Crippen molar-refractivity contribution < 1.29 is 4.74 Å². The Morgan fingerprint density at radius 2 is 2.08 bits per heavy atom. The van der Waals surface area contributed by atoms with E-state index in [1.54, 1.807) is 11.8 Å². The molecule has 0 aromatic heterocycles. The Morgan fingerprint density at radius 3 is 2.50 bits per heavy atom. The van der Waals surface area contributed by atoms with Crippen molar-refractivity contribution in [3.8, 4) is 6.07 Å². The Balaban J connectivity index is 2.59. The molecule has 0 spiro atoms. The van der Waals surface area contributed by atoms with Crippen LogP contribution in [0.4, 0.5) is 0 Å². The number of thioether (sulfide) groups is 1. The van der Waals surface area contributed by atoms with Gasteiger partial charge in [-0.2, -0.15) is 5.26 Å². The van der Waals surface area contributed by atoms with Gasteiger partial charge in [0.15, 0.2) is 0 Å². The summed E-state index contributed by atoms with van der Waals surface area (Å²) < 4.78 is 5.06. The van der Waals surface area contributed by atoms with Crippen LogP contribution in [0.25, 0.3) is 0 Å². The van der Waals surface area contributed by atoms with Crippen LogP contribution in [-0.4, -0.2) is 24.2 Å². The molecule has 0 radical (unpaired) electrons. The molecule has 1 aliphatic heterocycles. The van der Waals surface area contributed by atoms with E-state index in [-0.39, 0.29) is 4.75 Å². The zero-order valence-electron chi connectivity index (χ0n) is 7.67. The Bertz CT molecular complexity index is 183. The summed E-state index contributed by atoms with van der Waals surface area (Å²) in [5.74, 6) is 0.506. The molecule has 0 N–H and O–H groups in total. The van der Waals surface area contributed by atoms with Crippen molar-refractivity contribution in [1.82, 2.24) is 0 Å². The van der Waals surface area contributed by atoms with E-state index >= 15 is 0 Å². The molecule has 0 aliphatic carbocycles. The van der Waals surface area contributed by atoms with Crippen LogP contribution < -0.4 is 0 Å². The van der Waals surface area contributed by atoms with Gasteiger partial charge >= 0.3 is 0 Å². The molecule has 2 nitrogen and oxygen atoms in total. The lowest BCUT2D eigenvalue weighted by atomic mass is 9.87. The highest BCUT2D eigenvalue weighted by Gasteiger charge is 2.34. The summed E-state index contributed by atoms with van der Waals surface area (Å²) in [5, 5.41) is 9.03. The number of hydrogen-bond acceptors (Lipinski definition) is 3. The molecule has 0 bridgehead atoms. The van der Waals surface area contributed by atoms with Crippen molar-refractivity contribution in [2.45, 2.75) is 24.5 Å². The summed E-state index contributed by atoms with van der Waals surface area (Å²) in [7, 11) is 0. The Hall–Kier alpha value is -0.200. The molecule has 1 rings (SSSR count). The SMILES string of the molecule is CSC(C)(C#N)C1CCOCC1. The van der Waals surface area contributed by atoms with Gasteiger partial charge in [0, 0.05) is 13.2 Å². The van der Waals surface area contributed by atoms with Gasteiger partial charge in [0.1, 0.15) is 4.75 Å². The molecule has 0 amide bonds. The van der Waals surface area contributed by atoms with E-state index in [1.807, 2.05) is 13.2 Å². The van der Waals surface area contributed by atoms with Crippen LogP contribution in [0.3, 0.4) is 0 Å². The molecule has 0 aromatic carbocycles. The van der Waals surface area contributed by atoms with E-state index in [4.69, 9.17) is 10.00 Å². The average Bonchev–Trinajstić information content (AvgIpc) is 2.18. The fraction of sp³-hybridized carbons (Fsp3) is 0.889. The second kappa shape index (κ2) is 4.15. The Morgan fingerprint density at radius 1 is 1.50 bits per heavy atom. The van der Waals surface area contributed by atoms with Gasteiger partial charge in [0.25, 0.3) is 0 Å². The second-order valence-corrected chi connectivity index (χ2v) is 4.57. The first-order chi connectivity index (χ1) is 5.73. The summed E-state index contributed by atoms with van der Waals surface area (Å²) >= 11 is 1.66. The van der Waals surface area contributed by atoms with Crippen LogP contribution in [0.15, 0.2) is 0 Å². The van der Waals surface area contributed by atoms with E-state index < -0.39 is 0 Å². The van der Waals surface area contributed by atoms with Crippen molar-refractivity contribution >= 4 is 11.8 Å². The van der Waals surface area contributed by atoms with Crippen molar-refractivity contribution in [2.24, 2.45) is 5.92 Å². The van der Waals surface area contributed by atoms with Crippen molar-refractivity contribution in [3.05, 3.63) is 0 Å². The van der Waals surface area contributed by atoms with Gasteiger partial charge in [0.2, 0.25) is 0 Å². The summed E-state index contributed by atoms with van der Waals surface area (Å²) in [4.78, 5) is 0. The van der Waals surface area contributed by atoms with Gasteiger partial charge in [-0.3, -0.25) is 0 Å².